The lowest BCUT2D eigenvalue weighted by molar-refractivity contribution is -0.385. The number of amides is 1. The minimum atomic E-state index is -0.392. The number of nitrogens with zero attached hydrogens (tertiary/aromatic N) is 1. The maximum Gasteiger partial charge on any atom is 0.272 e. The quantitative estimate of drug-likeness (QED) is 0.639. The molecule has 1 aliphatic rings. The Balaban J connectivity index is 0.00000242. The number of carbonyl (C=O) groups excluding carboxylic acids is 1. The average molecular weight is 328 g/mol. The van der Waals surface area contributed by atoms with Crippen LogP contribution in [0.25, 0.3) is 0 Å². The second-order valence-corrected chi connectivity index (χ2v) is 5.55. The van der Waals surface area contributed by atoms with E-state index >= 15 is 0 Å². The Morgan fingerprint density at radius 3 is 2.77 bits per heavy atom. The van der Waals surface area contributed by atoms with Gasteiger partial charge in [0.1, 0.15) is 0 Å². The van der Waals surface area contributed by atoms with Crippen molar-refractivity contribution in [1.82, 2.24) is 5.32 Å². The molecule has 6 nitrogen and oxygen atoms in total. The topological polar surface area (TPSA) is 98.3 Å². The normalized spacial score (nSPS) is 20.8. The second-order valence-electron chi connectivity index (χ2n) is 5.55. The summed E-state index contributed by atoms with van der Waals surface area (Å²) in [4.78, 5) is 22.6. The third-order valence-electron chi connectivity index (χ3n) is 3.97. The molecule has 2 atom stereocenters. The number of hydrogen-bond acceptors (Lipinski definition) is 4. The third-order valence-corrected chi connectivity index (χ3v) is 3.97. The predicted octanol–water partition coefficient (Wildman–Crippen LogP) is 2.19. The molecule has 7 heteroatoms. The van der Waals surface area contributed by atoms with E-state index in [9.17, 15) is 14.9 Å². The number of carbonyl (C=O) groups is 1. The van der Waals surface area contributed by atoms with Gasteiger partial charge in [-0.25, -0.2) is 0 Å². The molecule has 1 aromatic rings. The smallest absolute Gasteiger partial charge is 0.272 e. The Morgan fingerprint density at radius 2 is 2.09 bits per heavy atom. The SMILES string of the molecule is Cl.NC1CCCC(C(=O)NCCc2ccccc2[N+](=O)[O-])C1. The Bertz CT molecular complexity index is 525. The molecule has 2 unspecified atom stereocenters. The molecule has 0 heterocycles. The summed E-state index contributed by atoms with van der Waals surface area (Å²) < 4.78 is 0. The van der Waals surface area contributed by atoms with Crippen LogP contribution in [0.1, 0.15) is 31.2 Å². The van der Waals surface area contributed by atoms with E-state index in [2.05, 4.69) is 5.32 Å². The van der Waals surface area contributed by atoms with Gasteiger partial charge in [-0.05, 0) is 25.7 Å². The first-order chi connectivity index (χ1) is 10.1. The summed E-state index contributed by atoms with van der Waals surface area (Å²) in [6, 6.07) is 6.73. The fourth-order valence-electron chi connectivity index (χ4n) is 2.83. The van der Waals surface area contributed by atoms with Crippen molar-refractivity contribution in [2.45, 2.75) is 38.1 Å². The van der Waals surface area contributed by atoms with Crippen molar-refractivity contribution in [3.05, 3.63) is 39.9 Å². The zero-order valence-electron chi connectivity index (χ0n) is 12.4. The molecule has 0 spiro atoms. The van der Waals surface area contributed by atoms with Crippen molar-refractivity contribution in [3.63, 3.8) is 0 Å². The lowest BCUT2D eigenvalue weighted by atomic mass is 9.85. The highest BCUT2D eigenvalue weighted by molar-refractivity contribution is 5.85. The summed E-state index contributed by atoms with van der Waals surface area (Å²) in [5, 5.41) is 13.8. The summed E-state index contributed by atoms with van der Waals surface area (Å²) >= 11 is 0. The molecule has 122 valence electrons. The van der Waals surface area contributed by atoms with Crippen LogP contribution in [0.3, 0.4) is 0 Å². The standard InChI is InChI=1S/C15H21N3O3.ClH/c16-13-6-3-5-12(10-13)15(19)17-9-8-11-4-1-2-7-14(11)18(20)21;/h1-2,4,7,12-13H,3,5-6,8-10,16H2,(H,17,19);1H. The Kier molecular flexibility index (Phi) is 7.27. The van der Waals surface area contributed by atoms with Crippen LogP contribution in [0, 0.1) is 16.0 Å². The highest BCUT2D eigenvalue weighted by Crippen LogP contribution is 2.23. The summed E-state index contributed by atoms with van der Waals surface area (Å²) in [6.45, 7) is 0.412. The van der Waals surface area contributed by atoms with Crippen LogP contribution in [-0.2, 0) is 11.2 Å². The van der Waals surface area contributed by atoms with E-state index in [1.807, 2.05) is 0 Å². The number of rotatable bonds is 5. The fraction of sp³-hybridized carbons (Fsp3) is 0.533. The summed E-state index contributed by atoms with van der Waals surface area (Å²) in [5.41, 5.74) is 6.63. The highest BCUT2D eigenvalue weighted by Gasteiger charge is 2.25. The first kappa shape index (κ1) is 18.4. The minimum absolute atomic E-state index is 0. The van der Waals surface area contributed by atoms with Gasteiger partial charge in [0.2, 0.25) is 5.91 Å². The number of nitro benzene ring substituents is 1. The molecule has 0 saturated heterocycles. The van der Waals surface area contributed by atoms with E-state index in [1.165, 1.54) is 6.07 Å². The predicted molar refractivity (Wildman–Crippen MR) is 87.0 cm³/mol. The molecule has 0 aromatic heterocycles. The van der Waals surface area contributed by atoms with E-state index in [0.717, 1.165) is 25.7 Å². The summed E-state index contributed by atoms with van der Waals surface area (Å²) in [7, 11) is 0. The number of halogens is 1. The molecule has 1 fully saturated rings. The van der Waals surface area contributed by atoms with E-state index in [1.54, 1.807) is 18.2 Å². The van der Waals surface area contributed by atoms with Crippen LogP contribution in [0.2, 0.25) is 0 Å². The number of hydrogen-bond donors (Lipinski definition) is 2. The lowest BCUT2D eigenvalue weighted by Crippen LogP contribution is -2.38. The molecule has 1 amide bonds. The van der Waals surface area contributed by atoms with Gasteiger partial charge in [0.25, 0.3) is 5.69 Å². The van der Waals surface area contributed by atoms with Crippen LogP contribution in [0.5, 0.6) is 0 Å². The van der Waals surface area contributed by atoms with Crippen LogP contribution in [0.15, 0.2) is 24.3 Å². The zero-order chi connectivity index (χ0) is 15.2. The van der Waals surface area contributed by atoms with Crippen LogP contribution >= 0.6 is 12.4 Å². The molecular weight excluding hydrogens is 306 g/mol. The number of nitrogens with one attached hydrogen (secondary N) is 1. The van der Waals surface area contributed by atoms with Crippen molar-refractivity contribution in [2.24, 2.45) is 11.7 Å². The zero-order valence-corrected chi connectivity index (χ0v) is 13.2. The van der Waals surface area contributed by atoms with E-state index in [4.69, 9.17) is 5.73 Å². The van der Waals surface area contributed by atoms with Gasteiger partial charge >= 0.3 is 0 Å². The van der Waals surface area contributed by atoms with Crippen LogP contribution in [-0.4, -0.2) is 23.4 Å². The lowest BCUT2D eigenvalue weighted by Gasteiger charge is -2.25. The van der Waals surface area contributed by atoms with E-state index in [-0.39, 0.29) is 36.0 Å². The fourth-order valence-corrected chi connectivity index (χ4v) is 2.83. The molecule has 1 aliphatic carbocycles. The molecule has 0 radical (unpaired) electrons. The first-order valence-electron chi connectivity index (χ1n) is 7.33. The van der Waals surface area contributed by atoms with Gasteiger partial charge in [0.15, 0.2) is 0 Å². The average Bonchev–Trinajstić information content (AvgIpc) is 2.47. The van der Waals surface area contributed by atoms with Gasteiger partial charge in [-0.15, -0.1) is 12.4 Å². The molecule has 22 heavy (non-hydrogen) atoms. The van der Waals surface area contributed by atoms with Crippen molar-refractivity contribution in [2.75, 3.05) is 6.54 Å². The third kappa shape index (κ3) is 4.96. The van der Waals surface area contributed by atoms with Crippen molar-refractivity contribution >= 4 is 24.0 Å². The molecule has 3 N–H and O–H groups in total. The summed E-state index contributed by atoms with van der Waals surface area (Å²) in [5.74, 6) is 0.00300. The van der Waals surface area contributed by atoms with Gasteiger partial charge in [0, 0.05) is 30.1 Å². The number of para-hydroxylation sites is 1. The van der Waals surface area contributed by atoms with Gasteiger partial charge < -0.3 is 11.1 Å². The van der Waals surface area contributed by atoms with Crippen LogP contribution in [0.4, 0.5) is 5.69 Å². The highest BCUT2D eigenvalue weighted by atomic mass is 35.5. The van der Waals surface area contributed by atoms with E-state index in [0.29, 0.717) is 18.5 Å². The maximum absolute atomic E-state index is 12.1. The monoisotopic (exact) mass is 327 g/mol. The van der Waals surface area contributed by atoms with E-state index < -0.39 is 4.92 Å². The molecule has 1 saturated carbocycles. The van der Waals surface area contributed by atoms with Crippen molar-refractivity contribution in [3.8, 4) is 0 Å². The van der Waals surface area contributed by atoms with Crippen molar-refractivity contribution in [1.29, 1.82) is 0 Å². The molecule has 1 aromatic carbocycles. The van der Waals surface area contributed by atoms with Crippen LogP contribution < -0.4 is 11.1 Å². The summed E-state index contributed by atoms with van der Waals surface area (Å²) in [6.07, 6.45) is 4.05. The number of benzene rings is 1. The van der Waals surface area contributed by atoms with Gasteiger partial charge in [-0.1, -0.05) is 24.6 Å². The van der Waals surface area contributed by atoms with Gasteiger partial charge in [0.05, 0.1) is 4.92 Å². The largest absolute Gasteiger partial charge is 0.356 e. The Hall–Kier alpha value is -1.66. The Labute approximate surface area is 136 Å². The molecule has 2 rings (SSSR count). The Morgan fingerprint density at radius 1 is 1.36 bits per heavy atom. The maximum atomic E-state index is 12.1. The van der Waals surface area contributed by atoms with Crippen molar-refractivity contribution < 1.29 is 9.72 Å². The molecule has 0 bridgehead atoms. The number of nitrogens with two attached hydrogens (primary N) is 1. The minimum Gasteiger partial charge on any atom is -0.356 e. The second kappa shape index (κ2) is 8.70. The molecular formula is C15H22ClN3O3. The molecule has 0 aliphatic heterocycles. The first-order valence-corrected chi connectivity index (χ1v) is 7.33. The van der Waals surface area contributed by atoms with Gasteiger partial charge in [-0.3, -0.25) is 14.9 Å². The van der Waals surface area contributed by atoms with Gasteiger partial charge in [-0.2, -0.15) is 0 Å². The number of nitro groups is 1.